The van der Waals surface area contributed by atoms with Crippen LogP contribution < -0.4 is 0 Å². The standard InChI is InChI=1S/C16H18N4O3/c1-10(21)19-15(12-3-2-4-13(9-12)20(22)23)16-14(17-19)11-5-7-18(16)8-6-11/h2-4,9,11,15-16H,5-8H2,1H3/t15-,16-/m0/s1. The second kappa shape index (κ2) is 5.13. The lowest BCUT2D eigenvalue weighted by Crippen LogP contribution is -2.56. The molecule has 0 aliphatic carbocycles. The molecule has 5 rings (SSSR count). The van der Waals surface area contributed by atoms with Crippen LogP contribution in [0.2, 0.25) is 0 Å². The minimum atomic E-state index is -0.397. The number of hydrogen-bond acceptors (Lipinski definition) is 5. The predicted molar refractivity (Wildman–Crippen MR) is 83.9 cm³/mol. The molecule has 0 aromatic heterocycles. The molecule has 0 radical (unpaired) electrons. The lowest BCUT2D eigenvalue weighted by molar-refractivity contribution is -0.385. The number of carbonyl (C=O) groups excluding carboxylic acids is 1. The van der Waals surface area contributed by atoms with Crippen LogP contribution in [0.15, 0.2) is 29.4 Å². The highest BCUT2D eigenvalue weighted by Crippen LogP contribution is 2.43. The van der Waals surface area contributed by atoms with Gasteiger partial charge in [-0.25, -0.2) is 5.01 Å². The molecule has 4 aliphatic heterocycles. The highest BCUT2D eigenvalue weighted by molar-refractivity contribution is 5.97. The first-order valence-corrected chi connectivity index (χ1v) is 7.93. The molecule has 0 spiro atoms. The van der Waals surface area contributed by atoms with Crippen LogP contribution >= 0.6 is 0 Å². The Hall–Kier alpha value is -2.28. The molecule has 4 aliphatic rings. The van der Waals surface area contributed by atoms with E-state index in [1.54, 1.807) is 12.1 Å². The third-order valence-electron chi connectivity index (χ3n) is 5.18. The molecule has 1 aromatic rings. The maximum absolute atomic E-state index is 12.1. The summed E-state index contributed by atoms with van der Waals surface area (Å²) in [7, 11) is 0. The molecule has 2 bridgehead atoms. The number of amides is 1. The maximum Gasteiger partial charge on any atom is 0.269 e. The highest BCUT2D eigenvalue weighted by Gasteiger charge is 2.50. The van der Waals surface area contributed by atoms with E-state index >= 15 is 0 Å². The van der Waals surface area contributed by atoms with Gasteiger partial charge >= 0.3 is 0 Å². The minimum absolute atomic E-state index is 0.0513. The number of benzene rings is 1. The SMILES string of the molecule is CC(=O)N1N=C2C3CCN(CC3)[C@@H]2[C@@H]1c1cccc([N+](=O)[O-])c1. The van der Waals surface area contributed by atoms with E-state index < -0.39 is 4.92 Å². The first-order chi connectivity index (χ1) is 11.1. The van der Waals surface area contributed by atoms with Gasteiger partial charge in [0.25, 0.3) is 5.69 Å². The number of hydrogen-bond donors (Lipinski definition) is 0. The number of nitro benzene ring substituents is 1. The van der Waals surface area contributed by atoms with Gasteiger partial charge in [0, 0.05) is 25.0 Å². The minimum Gasteiger partial charge on any atom is -0.293 e. The largest absolute Gasteiger partial charge is 0.293 e. The Bertz CT molecular complexity index is 709. The van der Waals surface area contributed by atoms with E-state index in [9.17, 15) is 14.9 Å². The monoisotopic (exact) mass is 314 g/mol. The van der Waals surface area contributed by atoms with Crippen LogP contribution in [0.25, 0.3) is 0 Å². The van der Waals surface area contributed by atoms with Crippen molar-refractivity contribution >= 4 is 17.3 Å². The normalized spacial score (nSPS) is 31.7. The Morgan fingerprint density at radius 1 is 1.30 bits per heavy atom. The van der Waals surface area contributed by atoms with Crippen molar-refractivity contribution in [2.24, 2.45) is 11.0 Å². The van der Waals surface area contributed by atoms with Crippen molar-refractivity contribution in [3.8, 4) is 0 Å². The van der Waals surface area contributed by atoms with E-state index in [2.05, 4.69) is 10.0 Å². The van der Waals surface area contributed by atoms with E-state index in [1.807, 2.05) is 6.07 Å². The molecule has 3 saturated heterocycles. The molecule has 0 unspecified atom stereocenters. The molecular formula is C16H18N4O3. The van der Waals surface area contributed by atoms with Crippen molar-refractivity contribution in [2.45, 2.75) is 31.8 Å². The molecule has 120 valence electrons. The van der Waals surface area contributed by atoms with Crippen LogP contribution in [-0.2, 0) is 4.79 Å². The fourth-order valence-electron chi connectivity index (χ4n) is 4.14. The average molecular weight is 314 g/mol. The van der Waals surface area contributed by atoms with Gasteiger partial charge < -0.3 is 0 Å². The number of nitrogens with zero attached hydrogens (tertiary/aromatic N) is 4. The summed E-state index contributed by atoms with van der Waals surface area (Å²) in [6.07, 6.45) is 2.17. The van der Waals surface area contributed by atoms with Crippen LogP contribution in [0.4, 0.5) is 5.69 Å². The van der Waals surface area contributed by atoms with E-state index in [-0.39, 0.29) is 23.7 Å². The number of nitro groups is 1. The van der Waals surface area contributed by atoms with Crippen molar-refractivity contribution in [1.29, 1.82) is 0 Å². The number of piperidine rings is 3. The number of hydrazone groups is 1. The van der Waals surface area contributed by atoms with Crippen molar-refractivity contribution in [3.63, 3.8) is 0 Å². The summed E-state index contributed by atoms with van der Waals surface area (Å²) in [5.41, 5.74) is 1.91. The van der Waals surface area contributed by atoms with Crippen molar-refractivity contribution < 1.29 is 9.72 Å². The molecule has 0 N–H and O–H groups in total. The second-order valence-corrected chi connectivity index (χ2v) is 6.44. The highest BCUT2D eigenvalue weighted by atomic mass is 16.6. The Balaban J connectivity index is 1.78. The topological polar surface area (TPSA) is 79.0 Å². The van der Waals surface area contributed by atoms with Crippen LogP contribution in [-0.4, -0.2) is 45.6 Å². The summed E-state index contributed by atoms with van der Waals surface area (Å²) in [4.78, 5) is 25.1. The van der Waals surface area contributed by atoms with Gasteiger partial charge in [-0.1, -0.05) is 12.1 Å². The molecule has 4 heterocycles. The van der Waals surface area contributed by atoms with Gasteiger partial charge in [0.2, 0.25) is 5.91 Å². The third kappa shape index (κ3) is 2.15. The molecule has 23 heavy (non-hydrogen) atoms. The van der Waals surface area contributed by atoms with Crippen molar-refractivity contribution in [1.82, 2.24) is 9.91 Å². The number of non-ortho nitro benzene ring substituents is 1. The molecule has 7 heteroatoms. The summed E-state index contributed by atoms with van der Waals surface area (Å²) in [6, 6.07) is 6.39. The Labute approximate surface area is 133 Å². The van der Waals surface area contributed by atoms with Gasteiger partial charge in [-0.3, -0.25) is 19.8 Å². The molecule has 3 fully saturated rings. The molecule has 2 atom stereocenters. The lowest BCUT2D eigenvalue weighted by atomic mass is 9.78. The summed E-state index contributed by atoms with van der Waals surface area (Å²) in [6.45, 7) is 3.51. The Morgan fingerprint density at radius 2 is 2.04 bits per heavy atom. The second-order valence-electron chi connectivity index (χ2n) is 6.44. The number of rotatable bonds is 2. The summed E-state index contributed by atoms with van der Waals surface area (Å²) in [5, 5.41) is 17.2. The molecule has 1 amide bonds. The molecule has 1 aromatic carbocycles. The first-order valence-electron chi connectivity index (χ1n) is 7.93. The van der Waals surface area contributed by atoms with Gasteiger partial charge in [0.05, 0.1) is 16.7 Å². The fraction of sp³-hybridized carbons (Fsp3) is 0.500. The van der Waals surface area contributed by atoms with E-state index in [1.165, 1.54) is 18.0 Å². The third-order valence-corrected chi connectivity index (χ3v) is 5.18. The zero-order valence-electron chi connectivity index (χ0n) is 12.9. The molecule has 0 saturated carbocycles. The Morgan fingerprint density at radius 3 is 2.70 bits per heavy atom. The molecular weight excluding hydrogens is 296 g/mol. The van der Waals surface area contributed by atoms with Crippen molar-refractivity contribution in [2.75, 3.05) is 13.1 Å². The van der Waals surface area contributed by atoms with Crippen LogP contribution in [0.3, 0.4) is 0 Å². The van der Waals surface area contributed by atoms with Gasteiger partial charge in [0.1, 0.15) is 6.04 Å². The maximum atomic E-state index is 12.1. The summed E-state index contributed by atoms with van der Waals surface area (Å²) in [5.74, 6) is 0.319. The zero-order valence-corrected chi connectivity index (χ0v) is 12.9. The van der Waals surface area contributed by atoms with Crippen LogP contribution in [0.5, 0.6) is 0 Å². The zero-order chi connectivity index (χ0) is 16.1. The number of fused-ring (bicyclic) bond motifs is 2. The van der Waals surface area contributed by atoms with Crippen LogP contribution in [0, 0.1) is 16.0 Å². The average Bonchev–Trinajstić information content (AvgIpc) is 2.99. The van der Waals surface area contributed by atoms with E-state index in [0.29, 0.717) is 5.92 Å². The van der Waals surface area contributed by atoms with Gasteiger partial charge in [-0.15, -0.1) is 0 Å². The summed E-state index contributed by atoms with van der Waals surface area (Å²) >= 11 is 0. The van der Waals surface area contributed by atoms with Gasteiger partial charge in [-0.05, 0) is 31.5 Å². The van der Waals surface area contributed by atoms with E-state index in [0.717, 1.165) is 37.2 Å². The smallest absolute Gasteiger partial charge is 0.269 e. The van der Waals surface area contributed by atoms with Crippen LogP contribution in [0.1, 0.15) is 31.4 Å². The summed E-state index contributed by atoms with van der Waals surface area (Å²) < 4.78 is 0. The van der Waals surface area contributed by atoms with Gasteiger partial charge in [0.15, 0.2) is 0 Å². The van der Waals surface area contributed by atoms with Crippen molar-refractivity contribution in [3.05, 3.63) is 39.9 Å². The number of carbonyl (C=O) groups is 1. The predicted octanol–water partition coefficient (Wildman–Crippen LogP) is 1.95. The quantitative estimate of drug-likeness (QED) is 0.617. The van der Waals surface area contributed by atoms with Gasteiger partial charge in [-0.2, -0.15) is 5.10 Å². The fourth-order valence-corrected chi connectivity index (χ4v) is 4.14. The first kappa shape index (κ1) is 14.3. The molecule has 7 nitrogen and oxygen atoms in total. The van der Waals surface area contributed by atoms with E-state index in [4.69, 9.17) is 0 Å². The Kier molecular flexibility index (Phi) is 3.19. The lowest BCUT2D eigenvalue weighted by Gasteiger charge is -2.45.